The lowest BCUT2D eigenvalue weighted by molar-refractivity contribution is -0.384. The van der Waals surface area contributed by atoms with E-state index in [1.54, 1.807) is 24.5 Å². The second-order valence-corrected chi connectivity index (χ2v) is 6.25. The number of thiocarbonyl (C=S) groups is 1. The lowest BCUT2D eigenvalue weighted by Gasteiger charge is -2.13. The number of amides is 1. The summed E-state index contributed by atoms with van der Waals surface area (Å²) in [6.07, 6.45) is 5.02. The summed E-state index contributed by atoms with van der Waals surface area (Å²) in [5, 5.41) is 10.7. The number of nitrogens with zero attached hydrogens (tertiary/aromatic N) is 3. The van der Waals surface area contributed by atoms with Crippen LogP contribution in [-0.4, -0.2) is 20.1 Å². The Balaban J connectivity index is 1.90. The number of aromatic nitrogens is 1. The van der Waals surface area contributed by atoms with E-state index in [-0.39, 0.29) is 11.6 Å². The van der Waals surface area contributed by atoms with E-state index >= 15 is 0 Å². The molecule has 1 aromatic heterocycles. The van der Waals surface area contributed by atoms with Crippen molar-refractivity contribution < 1.29 is 9.72 Å². The van der Waals surface area contributed by atoms with Gasteiger partial charge in [0.15, 0.2) is 4.32 Å². The Labute approximate surface area is 141 Å². The molecule has 1 amide bonds. The van der Waals surface area contributed by atoms with Crippen LogP contribution in [0.3, 0.4) is 0 Å². The lowest BCUT2D eigenvalue weighted by Crippen LogP contribution is -2.27. The maximum atomic E-state index is 12.5. The number of nitro groups is 1. The van der Waals surface area contributed by atoms with Crippen LogP contribution in [0.4, 0.5) is 11.4 Å². The number of non-ortho nitro benzene ring substituents is 1. The highest BCUT2D eigenvalue weighted by Gasteiger charge is 2.33. The van der Waals surface area contributed by atoms with Crippen LogP contribution >= 0.6 is 24.0 Å². The van der Waals surface area contributed by atoms with Crippen LogP contribution < -0.4 is 4.90 Å². The van der Waals surface area contributed by atoms with Gasteiger partial charge < -0.3 is 0 Å². The summed E-state index contributed by atoms with van der Waals surface area (Å²) in [6.45, 7) is 0. The van der Waals surface area contributed by atoms with E-state index in [0.717, 1.165) is 5.56 Å². The minimum atomic E-state index is -0.490. The van der Waals surface area contributed by atoms with Crippen LogP contribution in [0.15, 0.2) is 53.7 Å². The average molecular weight is 343 g/mol. The third-order valence-corrected chi connectivity index (χ3v) is 4.40. The molecule has 0 atom stereocenters. The van der Waals surface area contributed by atoms with Gasteiger partial charge in [0.1, 0.15) is 0 Å². The Morgan fingerprint density at radius 1 is 1.26 bits per heavy atom. The van der Waals surface area contributed by atoms with Gasteiger partial charge in [0.25, 0.3) is 11.6 Å². The molecule has 6 nitrogen and oxygen atoms in total. The van der Waals surface area contributed by atoms with Crippen molar-refractivity contribution in [3.8, 4) is 0 Å². The highest BCUT2D eigenvalue weighted by Crippen LogP contribution is 2.36. The largest absolute Gasteiger partial charge is 0.270 e. The first-order valence-electron chi connectivity index (χ1n) is 6.49. The van der Waals surface area contributed by atoms with Crippen LogP contribution in [0.2, 0.25) is 0 Å². The minimum Gasteiger partial charge on any atom is -0.268 e. The van der Waals surface area contributed by atoms with Crippen molar-refractivity contribution in [1.82, 2.24) is 4.98 Å². The molecule has 1 aliphatic heterocycles. The van der Waals surface area contributed by atoms with Gasteiger partial charge in [0.2, 0.25) is 0 Å². The zero-order chi connectivity index (χ0) is 16.4. The van der Waals surface area contributed by atoms with Gasteiger partial charge in [-0.3, -0.25) is 24.8 Å². The van der Waals surface area contributed by atoms with Gasteiger partial charge >= 0.3 is 0 Å². The number of anilines is 1. The maximum Gasteiger partial charge on any atom is 0.270 e. The van der Waals surface area contributed by atoms with Gasteiger partial charge in [-0.1, -0.05) is 30.0 Å². The summed E-state index contributed by atoms with van der Waals surface area (Å²) in [4.78, 5) is 28.6. The van der Waals surface area contributed by atoms with Gasteiger partial charge in [0.05, 0.1) is 15.5 Å². The standard InChI is InChI=1S/C15H9N3O3S2/c19-14-13(8-10-2-1-7-16-9-10)23-15(22)17(14)11-3-5-12(6-4-11)18(20)21/h1-9H/b13-8+. The molecule has 0 radical (unpaired) electrons. The monoisotopic (exact) mass is 343 g/mol. The maximum absolute atomic E-state index is 12.5. The zero-order valence-electron chi connectivity index (χ0n) is 11.6. The minimum absolute atomic E-state index is 0.0370. The number of pyridine rings is 1. The number of hydrogen-bond donors (Lipinski definition) is 0. The first-order chi connectivity index (χ1) is 11.1. The van der Waals surface area contributed by atoms with Gasteiger partial charge in [-0.25, -0.2) is 0 Å². The van der Waals surface area contributed by atoms with Crippen molar-refractivity contribution in [1.29, 1.82) is 0 Å². The quantitative estimate of drug-likeness (QED) is 0.368. The molecule has 0 N–H and O–H groups in total. The number of carbonyl (C=O) groups excluding carboxylic acids is 1. The van der Waals surface area contributed by atoms with Crippen molar-refractivity contribution in [3.63, 3.8) is 0 Å². The van der Waals surface area contributed by atoms with E-state index < -0.39 is 4.92 Å². The summed E-state index contributed by atoms with van der Waals surface area (Å²) in [7, 11) is 0. The molecule has 2 heterocycles. The third kappa shape index (κ3) is 3.13. The molecule has 8 heteroatoms. The summed E-state index contributed by atoms with van der Waals surface area (Å²) < 4.78 is 0.388. The fourth-order valence-electron chi connectivity index (χ4n) is 2.03. The molecule has 1 aliphatic rings. The van der Waals surface area contributed by atoms with E-state index in [1.807, 2.05) is 6.07 Å². The second kappa shape index (κ2) is 6.27. The Hall–Kier alpha value is -2.58. The Bertz CT molecular complexity index is 820. The lowest BCUT2D eigenvalue weighted by atomic mass is 10.2. The van der Waals surface area contributed by atoms with E-state index in [4.69, 9.17) is 12.2 Å². The predicted octanol–water partition coefficient (Wildman–Crippen LogP) is 3.40. The SMILES string of the molecule is O=C1/C(=C\c2cccnc2)SC(=S)N1c1ccc([N+](=O)[O-])cc1. The molecule has 2 aromatic rings. The molecule has 1 saturated heterocycles. The summed E-state index contributed by atoms with van der Waals surface area (Å²) in [5.41, 5.74) is 1.27. The highest BCUT2D eigenvalue weighted by atomic mass is 32.2. The van der Waals surface area contributed by atoms with Crippen molar-refractivity contribution in [2.75, 3.05) is 4.90 Å². The van der Waals surface area contributed by atoms with Crippen molar-refractivity contribution in [2.24, 2.45) is 0 Å². The molecule has 3 rings (SSSR count). The van der Waals surface area contributed by atoms with Crippen LogP contribution in [0.1, 0.15) is 5.56 Å². The van der Waals surface area contributed by atoms with Crippen LogP contribution in [0, 0.1) is 10.1 Å². The number of hydrogen-bond acceptors (Lipinski definition) is 6. The predicted molar refractivity (Wildman–Crippen MR) is 93.0 cm³/mol. The summed E-state index contributed by atoms with van der Waals surface area (Å²) >= 11 is 6.44. The fourth-order valence-corrected chi connectivity index (χ4v) is 3.33. The molecule has 0 spiro atoms. The normalized spacial score (nSPS) is 16.2. The van der Waals surface area contributed by atoms with Crippen LogP contribution in [0.5, 0.6) is 0 Å². The number of carbonyl (C=O) groups is 1. The van der Waals surface area contributed by atoms with Gasteiger partial charge in [0, 0.05) is 24.5 Å². The Morgan fingerprint density at radius 2 is 2.00 bits per heavy atom. The summed E-state index contributed by atoms with van der Waals surface area (Å²) in [5.74, 6) is -0.252. The van der Waals surface area contributed by atoms with Crippen molar-refractivity contribution in [3.05, 3.63) is 69.4 Å². The van der Waals surface area contributed by atoms with E-state index in [0.29, 0.717) is 14.9 Å². The van der Waals surface area contributed by atoms with Crippen molar-refractivity contribution >= 4 is 51.7 Å². The van der Waals surface area contributed by atoms with E-state index in [9.17, 15) is 14.9 Å². The van der Waals surface area contributed by atoms with Crippen LogP contribution in [-0.2, 0) is 4.79 Å². The molecular weight excluding hydrogens is 334 g/mol. The van der Waals surface area contributed by atoms with E-state index in [1.165, 1.54) is 40.9 Å². The zero-order valence-corrected chi connectivity index (χ0v) is 13.2. The molecule has 1 aromatic carbocycles. The summed E-state index contributed by atoms with van der Waals surface area (Å²) in [6, 6.07) is 9.33. The second-order valence-electron chi connectivity index (χ2n) is 4.58. The Morgan fingerprint density at radius 3 is 2.61 bits per heavy atom. The molecule has 0 aliphatic carbocycles. The number of thioether (sulfide) groups is 1. The average Bonchev–Trinajstić information content (AvgIpc) is 2.82. The topological polar surface area (TPSA) is 76.3 Å². The van der Waals surface area contributed by atoms with Gasteiger partial charge in [-0.2, -0.15) is 0 Å². The molecule has 0 unspecified atom stereocenters. The number of rotatable bonds is 3. The molecule has 23 heavy (non-hydrogen) atoms. The van der Waals surface area contributed by atoms with E-state index in [2.05, 4.69) is 4.98 Å². The van der Waals surface area contributed by atoms with Gasteiger partial charge in [-0.05, 0) is 29.8 Å². The number of nitro benzene ring substituents is 1. The van der Waals surface area contributed by atoms with Crippen molar-refractivity contribution in [2.45, 2.75) is 0 Å². The van der Waals surface area contributed by atoms with Crippen LogP contribution in [0.25, 0.3) is 6.08 Å². The molecule has 114 valence electrons. The fraction of sp³-hybridized carbons (Fsp3) is 0. The third-order valence-electron chi connectivity index (χ3n) is 3.09. The first-order valence-corrected chi connectivity index (χ1v) is 7.71. The number of benzene rings is 1. The first kappa shape index (κ1) is 15.3. The Kier molecular flexibility index (Phi) is 4.18. The molecule has 1 fully saturated rings. The molecule has 0 saturated carbocycles. The molecule has 0 bridgehead atoms. The highest BCUT2D eigenvalue weighted by molar-refractivity contribution is 8.27. The van der Waals surface area contributed by atoms with Gasteiger partial charge in [-0.15, -0.1) is 0 Å². The smallest absolute Gasteiger partial charge is 0.268 e. The molecular formula is C15H9N3O3S2.